The van der Waals surface area contributed by atoms with E-state index in [0.717, 1.165) is 13.0 Å². The number of ether oxygens (including phenoxy) is 1. The number of nitrogens with two attached hydrogens (primary N) is 1. The molecule has 3 N–H and O–H groups in total. The van der Waals surface area contributed by atoms with Gasteiger partial charge in [-0.1, -0.05) is 33.1 Å². The Morgan fingerprint density at radius 1 is 1.20 bits per heavy atom. The maximum absolute atomic E-state index is 5.69. The predicted octanol–water partition coefficient (Wildman–Crippen LogP) is 2.62. The molecule has 0 amide bonds. The first-order chi connectivity index (χ1) is 9.61. The maximum Gasteiger partial charge on any atom is 0.323 e. The summed E-state index contributed by atoms with van der Waals surface area (Å²) in [5, 5.41) is 3.29. The molecule has 1 aliphatic rings. The number of hydrogen-bond acceptors (Lipinski definition) is 6. The zero-order valence-electron chi connectivity index (χ0n) is 12.5. The van der Waals surface area contributed by atoms with Gasteiger partial charge in [-0.25, -0.2) is 0 Å². The average molecular weight is 279 g/mol. The topological polar surface area (TPSA) is 86.0 Å². The maximum atomic E-state index is 5.69. The largest absolute Gasteiger partial charge is 0.463 e. The Bertz CT molecular complexity index is 432. The molecule has 0 spiro atoms. The summed E-state index contributed by atoms with van der Waals surface area (Å²) in [6.07, 6.45) is 7.38. The molecule has 1 aromatic heterocycles. The van der Waals surface area contributed by atoms with Gasteiger partial charge in [-0.3, -0.25) is 0 Å². The van der Waals surface area contributed by atoms with Crippen LogP contribution in [0.3, 0.4) is 0 Å². The lowest BCUT2D eigenvalue weighted by molar-refractivity contribution is 0.232. The first kappa shape index (κ1) is 14.8. The van der Waals surface area contributed by atoms with Gasteiger partial charge >= 0.3 is 6.01 Å². The van der Waals surface area contributed by atoms with Crippen LogP contribution >= 0.6 is 0 Å². The molecule has 0 aliphatic heterocycles. The summed E-state index contributed by atoms with van der Waals surface area (Å²) >= 11 is 0. The molecule has 0 unspecified atom stereocenters. The molecule has 1 heterocycles. The smallest absolute Gasteiger partial charge is 0.323 e. The molecule has 1 aromatic rings. The minimum atomic E-state index is 0.197. The van der Waals surface area contributed by atoms with Crippen LogP contribution in [0.2, 0.25) is 0 Å². The second-order valence-electron chi connectivity index (χ2n) is 5.87. The van der Waals surface area contributed by atoms with Crippen molar-refractivity contribution in [3.63, 3.8) is 0 Å². The Morgan fingerprint density at radius 3 is 2.65 bits per heavy atom. The zero-order valence-corrected chi connectivity index (χ0v) is 12.5. The van der Waals surface area contributed by atoms with Gasteiger partial charge in [0.05, 0.1) is 6.61 Å². The number of rotatable bonds is 6. The third kappa shape index (κ3) is 4.21. The van der Waals surface area contributed by atoms with Gasteiger partial charge in [-0.2, -0.15) is 15.0 Å². The molecular weight excluding hydrogens is 254 g/mol. The molecule has 20 heavy (non-hydrogen) atoms. The van der Waals surface area contributed by atoms with Gasteiger partial charge in [0.1, 0.15) is 0 Å². The first-order valence-corrected chi connectivity index (χ1v) is 7.49. The van der Waals surface area contributed by atoms with Crippen molar-refractivity contribution in [2.75, 3.05) is 24.2 Å². The van der Waals surface area contributed by atoms with Crippen LogP contribution in [0, 0.1) is 5.41 Å². The van der Waals surface area contributed by atoms with E-state index in [0.29, 0.717) is 24.0 Å². The van der Waals surface area contributed by atoms with Gasteiger partial charge in [0.2, 0.25) is 11.9 Å². The van der Waals surface area contributed by atoms with Crippen LogP contribution in [-0.2, 0) is 0 Å². The molecule has 0 bridgehead atoms. The molecule has 1 saturated carbocycles. The highest BCUT2D eigenvalue weighted by molar-refractivity contribution is 5.32. The van der Waals surface area contributed by atoms with Crippen molar-refractivity contribution in [3.05, 3.63) is 0 Å². The van der Waals surface area contributed by atoms with Crippen molar-refractivity contribution >= 4 is 11.9 Å². The quantitative estimate of drug-likeness (QED) is 0.832. The van der Waals surface area contributed by atoms with Crippen LogP contribution in [0.15, 0.2) is 0 Å². The zero-order chi connectivity index (χ0) is 14.4. The van der Waals surface area contributed by atoms with Gasteiger partial charge in [-0.05, 0) is 24.7 Å². The van der Waals surface area contributed by atoms with Crippen LogP contribution in [0.4, 0.5) is 11.9 Å². The van der Waals surface area contributed by atoms with Crippen molar-refractivity contribution in [1.29, 1.82) is 0 Å². The average Bonchev–Trinajstić information content (AvgIpc) is 2.43. The van der Waals surface area contributed by atoms with E-state index < -0.39 is 0 Å². The van der Waals surface area contributed by atoms with Crippen molar-refractivity contribution < 1.29 is 4.74 Å². The summed E-state index contributed by atoms with van der Waals surface area (Å²) in [4.78, 5) is 12.3. The Hall–Kier alpha value is -1.59. The monoisotopic (exact) mass is 279 g/mol. The van der Waals surface area contributed by atoms with Crippen molar-refractivity contribution in [1.82, 2.24) is 15.0 Å². The van der Waals surface area contributed by atoms with Crippen LogP contribution in [-0.4, -0.2) is 28.1 Å². The van der Waals surface area contributed by atoms with E-state index in [4.69, 9.17) is 10.5 Å². The highest BCUT2D eigenvalue weighted by Gasteiger charge is 2.26. The highest BCUT2D eigenvalue weighted by atomic mass is 16.5. The summed E-state index contributed by atoms with van der Waals surface area (Å²) in [6.45, 7) is 5.80. The third-order valence-corrected chi connectivity index (χ3v) is 3.80. The number of nitrogens with one attached hydrogen (secondary N) is 1. The molecule has 112 valence electrons. The van der Waals surface area contributed by atoms with Crippen molar-refractivity contribution in [2.45, 2.75) is 52.4 Å². The molecule has 0 radical (unpaired) electrons. The summed E-state index contributed by atoms with van der Waals surface area (Å²) in [5.74, 6) is 0.706. The van der Waals surface area contributed by atoms with E-state index in [2.05, 4.69) is 27.2 Å². The van der Waals surface area contributed by atoms with Gasteiger partial charge in [-0.15, -0.1) is 0 Å². The van der Waals surface area contributed by atoms with Gasteiger partial charge in [0, 0.05) is 6.54 Å². The highest BCUT2D eigenvalue weighted by Crippen LogP contribution is 2.35. The molecule has 1 fully saturated rings. The Labute approximate surface area is 120 Å². The molecular formula is C14H25N5O. The molecule has 1 aliphatic carbocycles. The number of aromatic nitrogens is 3. The SMILES string of the molecule is CCCOc1nc(N)nc(NCC2(C)CCCCC2)n1. The number of hydrogen-bond donors (Lipinski definition) is 2. The fourth-order valence-corrected chi connectivity index (χ4v) is 2.58. The lowest BCUT2D eigenvalue weighted by Gasteiger charge is -2.33. The summed E-state index contributed by atoms with van der Waals surface area (Å²) in [5.41, 5.74) is 6.01. The Morgan fingerprint density at radius 2 is 1.95 bits per heavy atom. The van der Waals surface area contributed by atoms with Crippen LogP contribution < -0.4 is 15.8 Å². The lowest BCUT2D eigenvalue weighted by atomic mass is 9.76. The molecule has 0 aromatic carbocycles. The van der Waals surface area contributed by atoms with Crippen LogP contribution in [0.5, 0.6) is 6.01 Å². The Kier molecular flexibility index (Phi) is 4.98. The summed E-state index contributed by atoms with van der Waals surface area (Å²) in [7, 11) is 0. The summed E-state index contributed by atoms with van der Waals surface area (Å²) in [6, 6.07) is 0.302. The minimum Gasteiger partial charge on any atom is -0.463 e. The molecule has 6 heteroatoms. The Balaban J connectivity index is 1.96. The summed E-state index contributed by atoms with van der Waals surface area (Å²) < 4.78 is 5.41. The van der Waals surface area contributed by atoms with E-state index >= 15 is 0 Å². The molecule has 0 atom stereocenters. The predicted molar refractivity (Wildman–Crippen MR) is 79.7 cm³/mol. The third-order valence-electron chi connectivity index (χ3n) is 3.80. The second kappa shape index (κ2) is 6.72. The molecule has 2 rings (SSSR count). The van der Waals surface area contributed by atoms with Crippen molar-refractivity contribution in [2.24, 2.45) is 5.41 Å². The van der Waals surface area contributed by atoms with Gasteiger partial charge in [0.15, 0.2) is 0 Å². The normalized spacial score (nSPS) is 17.7. The number of nitrogens with zero attached hydrogens (tertiary/aromatic N) is 3. The second-order valence-corrected chi connectivity index (χ2v) is 5.87. The number of anilines is 2. The van der Waals surface area contributed by atoms with E-state index in [-0.39, 0.29) is 5.95 Å². The van der Waals surface area contributed by atoms with Gasteiger partial charge < -0.3 is 15.8 Å². The number of nitrogen functional groups attached to an aromatic ring is 1. The molecule has 0 saturated heterocycles. The lowest BCUT2D eigenvalue weighted by Crippen LogP contribution is -2.29. The van der Waals surface area contributed by atoms with Crippen LogP contribution in [0.1, 0.15) is 52.4 Å². The van der Waals surface area contributed by atoms with E-state index in [1.165, 1.54) is 32.1 Å². The van der Waals surface area contributed by atoms with E-state index in [1.54, 1.807) is 0 Å². The fraction of sp³-hybridized carbons (Fsp3) is 0.786. The van der Waals surface area contributed by atoms with Crippen LogP contribution in [0.25, 0.3) is 0 Å². The fourth-order valence-electron chi connectivity index (χ4n) is 2.58. The van der Waals surface area contributed by atoms with E-state index in [9.17, 15) is 0 Å². The molecule has 6 nitrogen and oxygen atoms in total. The minimum absolute atomic E-state index is 0.197. The van der Waals surface area contributed by atoms with E-state index in [1.807, 2.05) is 6.92 Å². The van der Waals surface area contributed by atoms with Gasteiger partial charge in [0.25, 0.3) is 0 Å². The van der Waals surface area contributed by atoms with Crippen molar-refractivity contribution in [3.8, 4) is 6.01 Å². The standard InChI is InChI=1S/C14H25N5O/c1-3-9-20-13-18-11(15)17-12(19-13)16-10-14(2)7-5-4-6-8-14/h3-10H2,1-2H3,(H3,15,16,17,18,19). The first-order valence-electron chi connectivity index (χ1n) is 7.49.